The Morgan fingerprint density at radius 1 is 1.38 bits per heavy atom. The maximum Gasteiger partial charge on any atom is 0.253 e. The van der Waals surface area contributed by atoms with Crippen LogP contribution in [-0.4, -0.2) is 17.4 Å². The van der Waals surface area contributed by atoms with Crippen LogP contribution in [0.5, 0.6) is 0 Å². The van der Waals surface area contributed by atoms with Crippen LogP contribution in [0, 0.1) is 5.92 Å². The minimum absolute atomic E-state index is 0.0123. The first-order valence-electron chi connectivity index (χ1n) is 5.53. The first-order valence-corrected chi connectivity index (χ1v) is 5.53. The zero-order valence-electron chi connectivity index (χ0n) is 9.58. The Bertz CT molecular complexity index is 499. The Morgan fingerprint density at radius 2 is 2.19 bits per heavy atom. The van der Waals surface area contributed by atoms with Crippen molar-refractivity contribution in [3.8, 4) is 0 Å². The number of para-hydroxylation sites is 1. The number of hydrogen-bond acceptors (Lipinski definition) is 1. The normalized spacial score (nSPS) is 10.9. The first kappa shape index (κ1) is 10.7. The molecular formula is C13H16N2O. The minimum atomic E-state index is -0.0123. The van der Waals surface area contributed by atoms with E-state index >= 15 is 0 Å². The van der Waals surface area contributed by atoms with E-state index in [1.807, 2.05) is 30.5 Å². The minimum Gasteiger partial charge on any atom is -0.361 e. The molecule has 1 aromatic carbocycles. The van der Waals surface area contributed by atoms with Gasteiger partial charge >= 0.3 is 0 Å². The Balaban J connectivity index is 2.25. The number of benzene rings is 1. The van der Waals surface area contributed by atoms with Crippen LogP contribution in [0.1, 0.15) is 24.2 Å². The second-order valence-corrected chi connectivity index (χ2v) is 4.35. The van der Waals surface area contributed by atoms with Gasteiger partial charge in [0.25, 0.3) is 5.91 Å². The molecule has 16 heavy (non-hydrogen) atoms. The Kier molecular flexibility index (Phi) is 2.95. The van der Waals surface area contributed by atoms with Crippen LogP contribution in [0.25, 0.3) is 10.9 Å². The molecule has 0 bridgehead atoms. The summed E-state index contributed by atoms with van der Waals surface area (Å²) in [5, 5.41) is 3.99. The van der Waals surface area contributed by atoms with E-state index in [0.717, 1.165) is 10.9 Å². The Labute approximate surface area is 94.9 Å². The highest BCUT2D eigenvalue weighted by Crippen LogP contribution is 2.16. The first-order chi connectivity index (χ1) is 7.68. The molecule has 3 heteroatoms. The topological polar surface area (TPSA) is 44.9 Å². The number of fused-ring (bicyclic) bond motifs is 1. The Morgan fingerprint density at radius 3 is 2.94 bits per heavy atom. The molecule has 0 unspecified atom stereocenters. The van der Waals surface area contributed by atoms with Crippen LogP contribution < -0.4 is 5.32 Å². The highest BCUT2D eigenvalue weighted by Gasteiger charge is 2.10. The van der Waals surface area contributed by atoms with Gasteiger partial charge in [-0.25, -0.2) is 0 Å². The summed E-state index contributed by atoms with van der Waals surface area (Å²) >= 11 is 0. The summed E-state index contributed by atoms with van der Waals surface area (Å²) in [6.07, 6.45) is 1.85. The summed E-state index contributed by atoms with van der Waals surface area (Å²) in [6.45, 7) is 4.86. The summed E-state index contributed by atoms with van der Waals surface area (Å²) in [5.74, 6) is 0.452. The van der Waals surface area contributed by atoms with Gasteiger partial charge in [-0.2, -0.15) is 0 Å². The zero-order valence-corrected chi connectivity index (χ0v) is 9.58. The molecule has 0 aliphatic rings. The molecule has 84 valence electrons. The zero-order chi connectivity index (χ0) is 11.5. The molecule has 1 heterocycles. The lowest BCUT2D eigenvalue weighted by Crippen LogP contribution is -2.27. The van der Waals surface area contributed by atoms with Gasteiger partial charge in [-0.05, 0) is 18.1 Å². The number of rotatable bonds is 3. The summed E-state index contributed by atoms with van der Waals surface area (Å²) in [4.78, 5) is 15.0. The van der Waals surface area contributed by atoms with Crippen LogP contribution >= 0.6 is 0 Å². The van der Waals surface area contributed by atoms with Crippen LogP contribution in [0.3, 0.4) is 0 Å². The van der Waals surface area contributed by atoms with E-state index in [1.165, 1.54) is 0 Å². The number of carbonyl (C=O) groups is 1. The van der Waals surface area contributed by atoms with Crippen molar-refractivity contribution in [2.24, 2.45) is 5.92 Å². The molecule has 2 rings (SSSR count). The molecule has 0 saturated carbocycles. The van der Waals surface area contributed by atoms with Gasteiger partial charge in [-0.1, -0.05) is 26.0 Å². The molecule has 0 aliphatic heterocycles. The standard InChI is InChI=1S/C13H16N2O/c1-9(2)8-15-13(16)11-5-3-4-10-6-7-14-12(10)11/h3-7,9,14H,8H2,1-2H3,(H,15,16). The monoisotopic (exact) mass is 216 g/mol. The SMILES string of the molecule is CC(C)CNC(=O)c1cccc2cc[nH]c12. The largest absolute Gasteiger partial charge is 0.361 e. The molecule has 1 amide bonds. The molecule has 1 aromatic heterocycles. The highest BCUT2D eigenvalue weighted by atomic mass is 16.1. The van der Waals surface area contributed by atoms with Gasteiger partial charge in [-0.15, -0.1) is 0 Å². The van der Waals surface area contributed by atoms with Crippen LogP contribution in [0.15, 0.2) is 30.5 Å². The summed E-state index contributed by atoms with van der Waals surface area (Å²) < 4.78 is 0. The number of hydrogen-bond donors (Lipinski definition) is 2. The van der Waals surface area contributed by atoms with Crippen molar-refractivity contribution in [1.29, 1.82) is 0 Å². The van der Waals surface area contributed by atoms with Crippen molar-refractivity contribution >= 4 is 16.8 Å². The number of H-pyrrole nitrogens is 1. The quantitative estimate of drug-likeness (QED) is 0.813. The molecule has 3 nitrogen and oxygen atoms in total. The van der Waals surface area contributed by atoms with Gasteiger partial charge in [0.2, 0.25) is 0 Å². The van der Waals surface area contributed by atoms with Crippen molar-refractivity contribution in [2.45, 2.75) is 13.8 Å². The predicted molar refractivity (Wildman–Crippen MR) is 65.5 cm³/mol. The van der Waals surface area contributed by atoms with Gasteiger partial charge in [0, 0.05) is 18.1 Å². The molecule has 2 N–H and O–H groups in total. The number of carbonyl (C=O) groups excluding carboxylic acids is 1. The average Bonchev–Trinajstić information content (AvgIpc) is 2.73. The van der Waals surface area contributed by atoms with Crippen molar-refractivity contribution in [3.63, 3.8) is 0 Å². The van der Waals surface area contributed by atoms with E-state index in [2.05, 4.69) is 24.1 Å². The fourth-order valence-corrected chi connectivity index (χ4v) is 1.67. The van der Waals surface area contributed by atoms with Crippen molar-refractivity contribution in [3.05, 3.63) is 36.0 Å². The van der Waals surface area contributed by atoms with Crippen LogP contribution in [-0.2, 0) is 0 Å². The molecule has 0 fully saturated rings. The molecule has 0 radical (unpaired) electrons. The fraction of sp³-hybridized carbons (Fsp3) is 0.308. The van der Waals surface area contributed by atoms with Crippen molar-refractivity contribution in [1.82, 2.24) is 10.3 Å². The van der Waals surface area contributed by atoms with E-state index in [1.54, 1.807) is 0 Å². The van der Waals surface area contributed by atoms with Gasteiger partial charge in [-0.3, -0.25) is 4.79 Å². The Hall–Kier alpha value is -1.77. The lowest BCUT2D eigenvalue weighted by Gasteiger charge is -2.08. The second kappa shape index (κ2) is 4.39. The number of aromatic nitrogens is 1. The molecule has 0 atom stereocenters. The van der Waals surface area contributed by atoms with Gasteiger partial charge in [0.05, 0.1) is 11.1 Å². The average molecular weight is 216 g/mol. The highest BCUT2D eigenvalue weighted by molar-refractivity contribution is 6.05. The molecule has 2 aromatic rings. The fourth-order valence-electron chi connectivity index (χ4n) is 1.67. The molecule has 0 spiro atoms. The third-order valence-electron chi connectivity index (χ3n) is 2.50. The van der Waals surface area contributed by atoms with Crippen LogP contribution in [0.4, 0.5) is 0 Å². The lowest BCUT2D eigenvalue weighted by atomic mass is 10.1. The van der Waals surface area contributed by atoms with E-state index < -0.39 is 0 Å². The molecule has 0 saturated heterocycles. The second-order valence-electron chi connectivity index (χ2n) is 4.35. The number of aromatic amines is 1. The van der Waals surface area contributed by atoms with E-state index in [0.29, 0.717) is 18.0 Å². The number of nitrogens with one attached hydrogen (secondary N) is 2. The third kappa shape index (κ3) is 2.08. The lowest BCUT2D eigenvalue weighted by molar-refractivity contribution is 0.0950. The maximum atomic E-state index is 11.9. The van der Waals surface area contributed by atoms with Crippen LogP contribution in [0.2, 0.25) is 0 Å². The van der Waals surface area contributed by atoms with Gasteiger partial charge in [0.1, 0.15) is 0 Å². The van der Waals surface area contributed by atoms with E-state index in [4.69, 9.17) is 0 Å². The van der Waals surface area contributed by atoms with Gasteiger partial charge in [0.15, 0.2) is 0 Å². The van der Waals surface area contributed by atoms with E-state index in [-0.39, 0.29) is 5.91 Å². The smallest absolute Gasteiger partial charge is 0.253 e. The summed E-state index contributed by atoms with van der Waals surface area (Å²) in [7, 11) is 0. The van der Waals surface area contributed by atoms with Gasteiger partial charge < -0.3 is 10.3 Å². The maximum absolute atomic E-state index is 11.9. The summed E-state index contributed by atoms with van der Waals surface area (Å²) in [5.41, 5.74) is 1.62. The van der Waals surface area contributed by atoms with Crippen molar-refractivity contribution < 1.29 is 4.79 Å². The predicted octanol–water partition coefficient (Wildman–Crippen LogP) is 2.55. The van der Waals surface area contributed by atoms with E-state index in [9.17, 15) is 4.79 Å². The van der Waals surface area contributed by atoms with Crippen molar-refractivity contribution in [2.75, 3.05) is 6.54 Å². The summed E-state index contributed by atoms with van der Waals surface area (Å²) in [6, 6.07) is 7.70. The third-order valence-corrected chi connectivity index (χ3v) is 2.50. The molecular weight excluding hydrogens is 200 g/mol. The number of amides is 1. The molecule has 0 aliphatic carbocycles.